The van der Waals surface area contributed by atoms with Crippen molar-refractivity contribution in [1.82, 2.24) is 0 Å². The summed E-state index contributed by atoms with van der Waals surface area (Å²) < 4.78 is 35.2. The molecule has 3 aliphatic heterocycles. The molecule has 3 aliphatic rings. The van der Waals surface area contributed by atoms with Crippen molar-refractivity contribution in [3.8, 4) is 0 Å². The Bertz CT molecular complexity index is 407. The van der Waals surface area contributed by atoms with Crippen LogP contribution in [0.15, 0.2) is 12.7 Å². The van der Waals surface area contributed by atoms with Gasteiger partial charge in [0.15, 0.2) is 17.9 Å². The summed E-state index contributed by atoms with van der Waals surface area (Å²) in [6.07, 6.45) is 0.243. The molecule has 0 spiro atoms. The van der Waals surface area contributed by atoms with Crippen LogP contribution in [0.1, 0.15) is 27.7 Å². The molecule has 3 heterocycles. The van der Waals surface area contributed by atoms with Crippen LogP contribution in [0.2, 0.25) is 0 Å². The summed E-state index contributed by atoms with van der Waals surface area (Å²) >= 11 is 0. The van der Waals surface area contributed by atoms with Gasteiger partial charge in [0.05, 0.1) is 13.2 Å². The highest BCUT2D eigenvalue weighted by Crippen LogP contribution is 2.44. The van der Waals surface area contributed by atoms with Gasteiger partial charge in [-0.15, -0.1) is 6.58 Å². The van der Waals surface area contributed by atoms with Crippen molar-refractivity contribution in [1.29, 1.82) is 0 Å². The van der Waals surface area contributed by atoms with Gasteiger partial charge >= 0.3 is 0 Å². The Kier molecular flexibility index (Phi) is 3.88. The first-order chi connectivity index (χ1) is 9.81. The minimum atomic E-state index is -0.688. The van der Waals surface area contributed by atoms with Crippen LogP contribution in [0, 0.1) is 0 Å². The number of fused-ring (bicyclic) bond motifs is 3. The predicted molar refractivity (Wildman–Crippen MR) is 73.5 cm³/mol. The minimum Gasteiger partial charge on any atom is -0.375 e. The lowest BCUT2D eigenvalue weighted by Gasteiger charge is -2.37. The zero-order valence-electron chi connectivity index (χ0n) is 13.0. The van der Waals surface area contributed by atoms with Gasteiger partial charge in [0.1, 0.15) is 24.4 Å². The minimum absolute atomic E-state index is 0.224. The van der Waals surface area contributed by atoms with Crippen LogP contribution in [-0.2, 0) is 28.4 Å². The van der Waals surface area contributed by atoms with Gasteiger partial charge in [-0.1, -0.05) is 6.08 Å². The molecule has 5 atom stereocenters. The van der Waals surface area contributed by atoms with E-state index in [1.165, 1.54) is 0 Å². The first-order valence-corrected chi connectivity index (χ1v) is 7.37. The molecule has 3 saturated heterocycles. The molecule has 0 aromatic rings. The van der Waals surface area contributed by atoms with E-state index in [1.807, 2.05) is 27.7 Å². The van der Waals surface area contributed by atoms with Gasteiger partial charge < -0.3 is 28.4 Å². The molecule has 3 rings (SSSR count). The quantitative estimate of drug-likeness (QED) is 0.580. The van der Waals surface area contributed by atoms with Gasteiger partial charge in [0, 0.05) is 0 Å². The van der Waals surface area contributed by atoms with Gasteiger partial charge in [-0.25, -0.2) is 0 Å². The third-order valence-corrected chi connectivity index (χ3v) is 3.77. The van der Waals surface area contributed by atoms with Gasteiger partial charge in [0.25, 0.3) is 0 Å². The highest BCUT2D eigenvalue weighted by molar-refractivity contribution is 5.00. The maximum Gasteiger partial charge on any atom is 0.190 e. The molecule has 6 nitrogen and oxygen atoms in total. The fourth-order valence-electron chi connectivity index (χ4n) is 3.10. The fourth-order valence-corrected chi connectivity index (χ4v) is 3.10. The summed E-state index contributed by atoms with van der Waals surface area (Å²) in [4.78, 5) is 0. The predicted octanol–water partition coefficient (Wildman–Crippen LogP) is 1.59. The van der Waals surface area contributed by atoms with Crippen LogP contribution in [0.25, 0.3) is 0 Å². The molecule has 21 heavy (non-hydrogen) atoms. The summed E-state index contributed by atoms with van der Waals surface area (Å²) in [6, 6.07) is 0. The zero-order chi connectivity index (χ0) is 15.3. The Balaban J connectivity index is 1.76. The molecule has 3 fully saturated rings. The maximum atomic E-state index is 6.01. The highest BCUT2D eigenvalue weighted by atomic mass is 16.9. The first kappa shape index (κ1) is 15.4. The van der Waals surface area contributed by atoms with Crippen LogP contribution >= 0.6 is 0 Å². The van der Waals surface area contributed by atoms with E-state index < -0.39 is 17.9 Å². The molecule has 1 unspecified atom stereocenters. The third-order valence-electron chi connectivity index (χ3n) is 3.77. The Morgan fingerprint density at radius 3 is 2.29 bits per heavy atom. The Labute approximate surface area is 125 Å². The second-order valence-electron chi connectivity index (χ2n) is 6.53. The van der Waals surface area contributed by atoms with Crippen LogP contribution in [0.5, 0.6) is 0 Å². The topological polar surface area (TPSA) is 55.4 Å². The molecule has 0 aliphatic carbocycles. The second-order valence-corrected chi connectivity index (χ2v) is 6.53. The lowest BCUT2D eigenvalue weighted by atomic mass is 9.99. The monoisotopic (exact) mass is 300 g/mol. The normalized spacial score (nSPS) is 43.3. The lowest BCUT2D eigenvalue weighted by Crippen LogP contribution is -2.56. The van der Waals surface area contributed by atoms with E-state index in [-0.39, 0.29) is 24.4 Å². The van der Waals surface area contributed by atoms with Crippen LogP contribution in [0.4, 0.5) is 0 Å². The van der Waals surface area contributed by atoms with Gasteiger partial charge in [0.2, 0.25) is 0 Å². The maximum absolute atomic E-state index is 6.01. The Morgan fingerprint density at radius 2 is 1.57 bits per heavy atom. The van der Waals surface area contributed by atoms with Gasteiger partial charge in [-0.05, 0) is 27.7 Å². The largest absolute Gasteiger partial charge is 0.375 e. The van der Waals surface area contributed by atoms with Gasteiger partial charge in [-0.3, -0.25) is 0 Å². The first-order valence-electron chi connectivity index (χ1n) is 7.37. The molecular formula is C15H24O6. The van der Waals surface area contributed by atoms with Crippen molar-refractivity contribution in [2.75, 3.05) is 13.2 Å². The molecule has 120 valence electrons. The summed E-state index contributed by atoms with van der Waals surface area (Å²) in [5.41, 5.74) is 0. The van der Waals surface area contributed by atoms with E-state index in [0.29, 0.717) is 13.2 Å². The SMILES string of the molecule is C=CCOC[C@H]1OC2OC(C)(C)O[C@@H]2[C@H]2OC(C)(C)O[C@H]21. The molecule has 6 heteroatoms. The molecular weight excluding hydrogens is 276 g/mol. The number of ether oxygens (including phenoxy) is 6. The van der Waals surface area contributed by atoms with Crippen molar-refractivity contribution in [2.24, 2.45) is 0 Å². The molecule has 0 N–H and O–H groups in total. The summed E-state index contributed by atoms with van der Waals surface area (Å²) in [5, 5.41) is 0. The molecule has 0 saturated carbocycles. The average molecular weight is 300 g/mol. The van der Waals surface area contributed by atoms with E-state index >= 15 is 0 Å². The highest BCUT2D eigenvalue weighted by Gasteiger charge is 2.60. The van der Waals surface area contributed by atoms with E-state index in [1.54, 1.807) is 6.08 Å². The molecule has 0 aromatic heterocycles. The lowest BCUT2D eigenvalue weighted by molar-refractivity contribution is -0.242. The number of hydrogen-bond donors (Lipinski definition) is 0. The smallest absolute Gasteiger partial charge is 0.190 e. The molecule has 0 amide bonds. The summed E-state index contributed by atoms with van der Waals surface area (Å²) in [5.74, 6) is -1.35. The summed E-state index contributed by atoms with van der Waals surface area (Å²) in [6.45, 7) is 12.0. The van der Waals surface area contributed by atoms with Crippen molar-refractivity contribution in [3.05, 3.63) is 12.7 Å². The Morgan fingerprint density at radius 1 is 0.952 bits per heavy atom. The molecule has 0 radical (unpaired) electrons. The number of rotatable bonds is 4. The van der Waals surface area contributed by atoms with E-state index in [9.17, 15) is 0 Å². The zero-order valence-corrected chi connectivity index (χ0v) is 13.0. The van der Waals surface area contributed by atoms with Crippen LogP contribution in [0.3, 0.4) is 0 Å². The van der Waals surface area contributed by atoms with Crippen molar-refractivity contribution in [3.63, 3.8) is 0 Å². The van der Waals surface area contributed by atoms with Crippen LogP contribution in [-0.4, -0.2) is 55.5 Å². The van der Waals surface area contributed by atoms with E-state index in [4.69, 9.17) is 28.4 Å². The number of hydrogen-bond acceptors (Lipinski definition) is 6. The van der Waals surface area contributed by atoms with E-state index in [0.717, 1.165) is 0 Å². The average Bonchev–Trinajstić information content (AvgIpc) is 2.84. The van der Waals surface area contributed by atoms with Crippen molar-refractivity contribution in [2.45, 2.75) is 70.0 Å². The van der Waals surface area contributed by atoms with Crippen LogP contribution < -0.4 is 0 Å². The second kappa shape index (κ2) is 5.30. The van der Waals surface area contributed by atoms with E-state index in [2.05, 4.69) is 6.58 Å². The summed E-state index contributed by atoms with van der Waals surface area (Å²) in [7, 11) is 0. The van der Waals surface area contributed by atoms with Crippen molar-refractivity contribution >= 4 is 0 Å². The molecule has 0 aromatic carbocycles. The standard InChI is InChI=1S/C15H24O6/c1-6-7-16-8-9-10-11(19-14(2,3)18-10)12-13(17-9)21-15(4,5)20-12/h6,9-13H,1,7-8H2,2-5H3/t9-,10+,11+,12-,13?/m1/s1. The Hall–Kier alpha value is -0.500. The fraction of sp³-hybridized carbons (Fsp3) is 0.867. The van der Waals surface area contributed by atoms with Crippen molar-refractivity contribution < 1.29 is 28.4 Å². The third kappa shape index (κ3) is 3.02. The molecule has 0 bridgehead atoms. The van der Waals surface area contributed by atoms with Gasteiger partial charge in [-0.2, -0.15) is 0 Å².